The molecule has 1 saturated heterocycles. The number of ether oxygens (including phenoxy) is 5. The average Bonchev–Trinajstić information content (AvgIpc) is 3.38. The summed E-state index contributed by atoms with van der Waals surface area (Å²) in [4.78, 5) is 63.5. The van der Waals surface area contributed by atoms with E-state index < -0.39 is 29.7 Å². The van der Waals surface area contributed by atoms with Crippen LogP contribution in [0.25, 0.3) is 0 Å². The van der Waals surface area contributed by atoms with Gasteiger partial charge in [0.25, 0.3) is 11.8 Å². The lowest BCUT2D eigenvalue weighted by molar-refractivity contribution is -0.136. The van der Waals surface area contributed by atoms with Crippen LogP contribution in [0.3, 0.4) is 0 Å². The number of anilines is 1. The van der Waals surface area contributed by atoms with Gasteiger partial charge in [0.05, 0.1) is 69.7 Å². The highest BCUT2D eigenvalue weighted by Crippen LogP contribution is 2.32. The lowest BCUT2D eigenvalue weighted by Gasteiger charge is -2.27. The third-order valence-corrected chi connectivity index (χ3v) is 9.06. The summed E-state index contributed by atoms with van der Waals surface area (Å²) in [5.41, 5.74) is 0.415. The molecule has 1 fully saturated rings. The number of carbonyl (C=O) groups is 5. The van der Waals surface area contributed by atoms with Gasteiger partial charge < -0.3 is 29.0 Å². The molecule has 0 saturated carbocycles. The second kappa shape index (κ2) is 26.5. The number of rotatable bonds is 31. The van der Waals surface area contributed by atoms with E-state index in [1.54, 1.807) is 12.1 Å². The largest absolute Gasteiger partial charge is 0.379 e. The Hall–Kier alpha value is -3.23. The van der Waals surface area contributed by atoms with Gasteiger partial charge >= 0.3 is 0 Å². The van der Waals surface area contributed by atoms with Crippen LogP contribution >= 0.6 is 0 Å². The summed E-state index contributed by atoms with van der Waals surface area (Å²) in [7, 11) is 0. The maximum Gasteiger partial charge on any atom is 0.264 e. The first-order valence-corrected chi connectivity index (χ1v) is 19.5. The lowest BCUT2D eigenvalue weighted by atomic mass is 10.0. The highest BCUT2D eigenvalue weighted by Gasteiger charge is 2.45. The first-order valence-electron chi connectivity index (χ1n) is 19.5. The second-order valence-corrected chi connectivity index (χ2v) is 13.3. The molecule has 2 heterocycles. The topological polar surface area (TPSA) is 159 Å². The number of piperidine rings is 1. The van der Waals surface area contributed by atoms with E-state index in [-0.39, 0.29) is 42.0 Å². The highest BCUT2D eigenvalue weighted by molar-refractivity contribution is 6.26. The molecule has 3 rings (SSSR count). The van der Waals surface area contributed by atoms with E-state index in [4.69, 9.17) is 23.7 Å². The van der Waals surface area contributed by atoms with Crippen LogP contribution in [0, 0.1) is 0 Å². The average molecular weight is 732 g/mol. The first-order chi connectivity index (χ1) is 25.4. The molecule has 5 amide bonds. The predicted octanol–water partition coefficient (Wildman–Crippen LogP) is 5.59. The maximum atomic E-state index is 13.2. The van der Waals surface area contributed by atoms with Crippen molar-refractivity contribution in [3.63, 3.8) is 0 Å². The molecule has 1 aromatic carbocycles. The fourth-order valence-corrected chi connectivity index (χ4v) is 6.17. The van der Waals surface area contributed by atoms with Crippen molar-refractivity contribution in [2.45, 2.75) is 116 Å². The SMILES string of the molecule is CCCCCCCCCCCCOCCOCCOCCOCCOCCCCCC(=O)Nc1cccc2c1C(=O)N(C1CCC(=O)NC1=O)C2=O. The number of hydrogen-bond donors (Lipinski definition) is 2. The molecule has 1 aromatic rings. The first kappa shape index (κ1) is 43.2. The van der Waals surface area contributed by atoms with Crippen LogP contribution in [0.2, 0.25) is 0 Å². The Bertz CT molecular complexity index is 1240. The number of imide groups is 2. The van der Waals surface area contributed by atoms with Gasteiger partial charge in [-0.3, -0.25) is 34.2 Å². The molecule has 13 nitrogen and oxygen atoms in total. The summed E-state index contributed by atoms with van der Waals surface area (Å²) in [6.07, 6.45) is 15.8. The molecule has 52 heavy (non-hydrogen) atoms. The summed E-state index contributed by atoms with van der Waals surface area (Å²) in [5, 5.41) is 4.92. The van der Waals surface area contributed by atoms with Crippen LogP contribution in [-0.2, 0) is 38.1 Å². The molecule has 0 aromatic heterocycles. The number of nitrogens with one attached hydrogen (secondary N) is 2. The van der Waals surface area contributed by atoms with Gasteiger partial charge in [-0.2, -0.15) is 0 Å². The van der Waals surface area contributed by atoms with Crippen molar-refractivity contribution in [3.05, 3.63) is 29.3 Å². The van der Waals surface area contributed by atoms with E-state index in [0.717, 1.165) is 30.8 Å². The standard InChI is InChI=1S/C39H61N3O10/c1-2-3-4-5-6-7-8-9-10-13-21-48-23-25-50-27-29-52-30-28-51-26-24-49-22-14-11-12-18-34(43)40-32-17-15-16-31-36(32)39(47)42(38(31)46)33-19-20-35(44)41-37(33)45/h15-17,33H,2-14,18-30H2,1H3,(H,40,43)(H,41,44,45). The number of nitrogens with zero attached hydrogens (tertiary/aromatic N) is 1. The van der Waals surface area contributed by atoms with Gasteiger partial charge in [-0.15, -0.1) is 0 Å². The molecular formula is C39H61N3O10. The smallest absolute Gasteiger partial charge is 0.264 e. The number of fused-ring (bicyclic) bond motifs is 1. The Labute approximate surface area is 309 Å². The second-order valence-electron chi connectivity index (χ2n) is 13.3. The van der Waals surface area contributed by atoms with Crippen LogP contribution < -0.4 is 10.6 Å². The van der Waals surface area contributed by atoms with Crippen LogP contribution in [0.15, 0.2) is 18.2 Å². The molecule has 13 heteroatoms. The number of hydrogen-bond acceptors (Lipinski definition) is 10. The quantitative estimate of drug-likeness (QED) is 0.0729. The molecule has 292 valence electrons. The Kier molecular flexibility index (Phi) is 22.0. The minimum atomic E-state index is -1.06. The van der Waals surface area contributed by atoms with Crippen molar-refractivity contribution >= 4 is 35.2 Å². The Balaban J connectivity index is 1.08. The van der Waals surface area contributed by atoms with Gasteiger partial charge in [0.1, 0.15) is 6.04 Å². The van der Waals surface area contributed by atoms with Crippen molar-refractivity contribution < 1.29 is 47.7 Å². The van der Waals surface area contributed by atoms with Crippen LogP contribution in [0.5, 0.6) is 0 Å². The van der Waals surface area contributed by atoms with Crippen LogP contribution in [0.1, 0.15) is 130 Å². The van der Waals surface area contributed by atoms with E-state index in [2.05, 4.69) is 17.6 Å². The molecule has 0 spiro atoms. The summed E-state index contributed by atoms with van der Waals surface area (Å²) >= 11 is 0. The van der Waals surface area contributed by atoms with Gasteiger partial charge in [0.15, 0.2) is 0 Å². The zero-order valence-corrected chi connectivity index (χ0v) is 31.2. The summed E-state index contributed by atoms with van der Waals surface area (Å²) in [6.45, 7) is 7.81. The lowest BCUT2D eigenvalue weighted by Crippen LogP contribution is -2.54. The maximum absolute atomic E-state index is 13.2. The number of unbranched alkanes of at least 4 members (excludes halogenated alkanes) is 11. The number of carbonyl (C=O) groups excluding carboxylic acids is 5. The Morgan fingerprint density at radius 2 is 1.17 bits per heavy atom. The normalized spacial score (nSPS) is 15.7. The van der Waals surface area contributed by atoms with Crippen molar-refractivity contribution in [2.24, 2.45) is 0 Å². The summed E-state index contributed by atoms with van der Waals surface area (Å²) in [5.74, 6) is -2.67. The summed E-state index contributed by atoms with van der Waals surface area (Å²) < 4.78 is 27.9. The van der Waals surface area contributed by atoms with Gasteiger partial charge in [0.2, 0.25) is 17.7 Å². The molecule has 0 radical (unpaired) electrons. The molecule has 2 N–H and O–H groups in total. The molecule has 2 aliphatic heterocycles. The van der Waals surface area contributed by atoms with Crippen molar-refractivity contribution in [1.29, 1.82) is 0 Å². The fourth-order valence-electron chi connectivity index (χ4n) is 6.17. The molecule has 1 atom stereocenters. The Morgan fingerprint density at radius 1 is 0.673 bits per heavy atom. The van der Waals surface area contributed by atoms with Crippen molar-refractivity contribution in [1.82, 2.24) is 10.2 Å². The third kappa shape index (κ3) is 16.2. The molecule has 1 unspecified atom stereocenters. The summed E-state index contributed by atoms with van der Waals surface area (Å²) in [6, 6.07) is 3.57. The minimum absolute atomic E-state index is 0.0368. The van der Waals surface area contributed by atoms with E-state index in [1.807, 2.05) is 0 Å². The fraction of sp³-hybridized carbons (Fsp3) is 0.718. The van der Waals surface area contributed by atoms with Gasteiger partial charge in [-0.25, -0.2) is 0 Å². The van der Waals surface area contributed by atoms with E-state index in [1.165, 1.54) is 63.9 Å². The van der Waals surface area contributed by atoms with Crippen molar-refractivity contribution in [3.8, 4) is 0 Å². The number of benzene rings is 1. The van der Waals surface area contributed by atoms with Crippen LogP contribution in [0.4, 0.5) is 5.69 Å². The van der Waals surface area contributed by atoms with Gasteiger partial charge in [-0.05, 0) is 37.8 Å². The monoisotopic (exact) mass is 731 g/mol. The Morgan fingerprint density at radius 3 is 1.71 bits per heavy atom. The van der Waals surface area contributed by atoms with Crippen molar-refractivity contribution in [2.75, 3.05) is 71.4 Å². The predicted molar refractivity (Wildman–Crippen MR) is 196 cm³/mol. The molecule has 2 aliphatic rings. The number of amides is 5. The minimum Gasteiger partial charge on any atom is -0.379 e. The zero-order valence-electron chi connectivity index (χ0n) is 31.2. The van der Waals surface area contributed by atoms with Crippen LogP contribution in [-0.4, -0.2) is 107 Å². The molecule has 0 aliphatic carbocycles. The van der Waals surface area contributed by atoms with Gasteiger partial charge in [0, 0.05) is 26.1 Å². The molecule has 0 bridgehead atoms. The third-order valence-electron chi connectivity index (χ3n) is 9.06. The zero-order chi connectivity index (χ0) is 37.2. The van der Waals surface area contributed by atoms with E-state index in [9.17, 15) is 24.0 Å². The van der Waals surface area contributed by atoms with E-state index in [0.29, 0.717) is 65.9 Å². The van der Waals surface area contributed by atoms with Gasteiger partial charge in [-0.1, -0.05) is 77.2 Å². The molecular weight excluding hydrogens is 670 g/mol. The highest BCUT2D eigenvalue weighted by atomic mass is 16.6. The van der Waals surface area contributed by atoms with E-state index >= 15 is 0 Å².